The molecule has 244 valence electrons. The van der Waals surface area contributed by atoms with E-state index in [0.29, 0.717) is 48.4 Å². The molecule has 0 saturated heterocycles. The first kappa shape index (κ1) is 33.2. The molecule has 1 aliphatic carbocycles. The van der Waals surface area contributed by atoms with E-state index in [1.54, 1.807) is 25.4 Å². The van der Waals surface area contributed by atoms with Crippen molar-refractivity contribution < 1.29 is 31.5 Å². The van der Waals surface area contributed by atoms with E-state index in [9.17, 15) is 13.2 Å². The zero-order valence-corrected chi connectivity index (χ0v) is 26.9. The Hall–Kier alpha value is -4.14. The largest absolute Gasteiger partial charge is 0.480 e. The zero-order valence-electron chi connectivity index (χ0n) is 25.4. The number of aryl methyl sites for hydroxylation is 1. The first-order valence-electron chi connectivity index (χ1n) is 14.6. The van der Waals surface area contributed by atoms with Gasteiger partial charge in [0.1, 0.15) is 5.82 Å². The number of rotatable bonds is 12. The fourth-order valence-corrected chi connectivity index (χ4v) is 6.93. The lowest BCUT2D eigenvalue weighted by molar-refractivity contribution is -0.125. The first-order chi connectivity index (χ1) is 22.0. The number of anilines is 2. The predicted octanol–water partition coefficient (Wildman–Crippen LogP) is 5.34. The third kappa shape index (κ3) is 7.13. The van der Waals surface area contributed by atoms with Crippen LogP contribution in [0.1, 0.15) is 31.7 Å². The Morgan fingerprint density at radius 2 is 1.91 bits per heavy atom. The third-order valence-corrected chi connectivity index (χ3v) is 9.34. The molecule has 5 rings (SSSR count). The summed E-state index contributed by atoms with van der Waals surface area (Å²) in [7, 11) is -1.61. The number of amides is 1. The van der Waals surface area contributed by atoms with Crippen molar-refractivity contribution in [2.45, 2.75) is 43.5 Å². The second-order valence-electron chi connectivity index (χ2n) is 10.8. The molecular formula is C31H33ClF2N6O5S. The summed E-state index contributed by atoms with van der Waals surface area (Å²) in [5, 5.41) is 6.77. The van der Waals surface area contributed by atoms with E-state index in [-0.39, 0.29) is 34.3 Å². The van der Waals surface area contributed by atoms with E-state index in [1.807, 2.05) is 6.92 Å². The summed E-state index contributed by atoms with van der Waals surface area (Å²) in [5.74, 6) is -1.96. The van der Waals surface area contributed by atoms with Crippen LogP contribution < -0.4 is 20.1 Å². The van der Waals surface area contributed by atoms with Crippen molar-refractivity contribution in [2.24, 2.45) is 5.92 Å². The van der Waals surface area contributed by atoms with Gasteiger partial charge in [-0.2, -0.15) is 0 Å². The van der Waals surface area contributed by atoms with Crippen molar-refractivity contribution in [3.63, 3.8) is 0 Å². The maximum Gasteiger partial charge on any atom is 0.267 e. The van der Waals surface area contributed by atoms with Crippen molar-refractivity contribution in [2.75, 3.05) is 37.4 Å². The Balaban J connectivity index is 1.41. The van der Waals surface area contributed by atoms with Gasteiger partial charge in [0, 0.05) is 43.4 Å². The molecule has 1 fully saturated rings. The molecule has 11 nitrogen and oxygen atoms in total. The minimum Gasteiger partial charge on any atom is -0.480 e. The maximum absolute atomic E-state index is 15.9. The summed E-state index contributed by atoms with van der Waals surface area (Å²) < 4.78 is 69.6. The van der Waals surface area contributed by atoms with Crippen molar-refractivity contribution in [1.82, 2.24) is 20.3 Å². The lowest BCUT2D eigenvalue weighted by Crippen LogP contribution is -2.32. The molecule has 0 radical (unpaired) electrons. The third-order valence-electron chi connectivity index (χ3n) is 7.78. The summed E-state index contributed by atoms with van der Waals surface area (Å²) in [5.41, 5.74) is 0.600. The zero-order chi connectivity index (χ0) is 33.0. The topological polar surface area (TPSA) is 144 Å². The van der Waals surface area contributed by atoms with Crippen LogP contribution in [-0.2, 0) is 26.0 Å². The molecule has 4 aromatic rings. The Bertz CT molecular complexity index is 1880. The smallest absolute Gasteiger partial charge is 0.267 e. The Morgan fingerprint density at radius 1 is 1.11 bits per heavy atom. The Kier molecular flexibility index (Phi) is 10.2. The molecule has 2 heterocycles. The number of halogens is 3. The van der Waals surface area contributed by atoms with Gasteiger partial charge in [-0.1, -0.05) is 18.5 Å². The number of pyridine rings is 1. The maximum atomic E-state index is 15.9. The minimum atomic E-state index is -4.43. The molecule has 46 heavy (non-hydrogen) atoms. The highest BCUT2D eigenvalue weighted by atomic mass is 35.5. The molecule has 0 aliphatic heterocycles. The van der Waals surface area contributed by atoms with Crippen molar-refractivity contribution in [3.05, 3.63) is 64.9 Å². The van der Waals surface area contributed by atoms with Gasteiger partial charge in [0.2, 0.25) is 17.7 Å². The molecule has 0 spiro atoms. The number of nitrogens with one attached hydrogen (secondary N) is 3. The van der Waals surface area contributed by atoms with Gasteiger partial charge < -0.3 is 20.1 Å². The number of aromatic nitrogens is 3. The van der Waals surface area contributed by atoms with Gasteiger partial charge in [0.05, 0.1) is 35.5 Å². The molecular weight excluding hydrogens is 642 g/mol. The number of carbonyl (C=O) groups is 1. The van der Waals surface area contributed by atoms with Crippen molar-refractivity contribution in [3.8, 4) is 17.0 Å². The normalized spacial score (nSPS) is 16.4. The van der Waals surface area contributed by atoms with Gasteiger partial charge in [0.15, 0.2) is 10.7 Å². The van der Waals surface area contributed by atoms with E-state index in [4.69, 9.17) is 26.1 Å². The summed E-state index contributed by atoms with van der Waals surface area (Å²) in [6, 6.07) is 6.28. The average molecular weight is 675 g/mol. The van der Waals surface area contributed by atoms with E-state index < -0.39 is 37.8 Å². The Morgan fingerprint density at radius 3 is 2.65 bits per heavy atom. The van der Waals surface area contributed by atoms with Crippen LogP contribution in [0.15, 0.2) is 47.6 Å². The number of hydrogen-bond donors (Lipinski definition) is 3. The second-order valence-corrected chi connectivity index (χ2v) is 12.9. The standard InChI is InChI=1S/C31H33ClF2N6O5S/c1-4-17-11-19(12-20-15-37-31(39-28(17)20)38-22-6-5-18(13-22)29(41)35-9-10-44-2)26-23(33)7-8-24(27(26)34)40-46(42,43)25-14-21(32)16-36-30(25)45-3/h7-8,11-12,14-16,18,22,40H,4-6,9-10,13H2,1-3H3,(H,35,41)(H,37,38,39)/t18-,22-/m1/s1. The number of ether oxygens (including phenoxy) is 2. The molecule has 1 amide bonds. The SMILES string of the molecule is CCc1cc(-c2c(F)ccc(NS(=O)(=O)c3cc(Cl)cnc3OC)c2F)cc2cnc(N[C@@H]3CC[C@@H](C(=O)NCCOC)C3)nc12. The number of methoxy groups -OCH3 is 2. The van der Waals surface area contributed by atoms with Gasteiger partial charge >= 0.3 is 0 Å². The highest BCUT2D eigenvalue weighted by Crippen LogP contribution is 2.36. The molecule has 0 unspecified atom stereocenters. The van der Waals surface area contributed by atoms with E-state index in [0.717, 1.165) is 31.0 Å². The highest BCUT2D eigenvalue weighted by Gasteiger charge is 2.30. The van der Waals surface area contributed by atoms with Crippen LogP contribution in [0.3, 0.4) is 0 Å². The Labute approximate surface area is 270 Å². The quantitative estimate of drug-likeness (QED) is 0.170. The molecule has 1 aliphatic rings. The predicted molar refractivity (Wildman–Crippen MR) is 171 cm³/mol. The van der Waals surface area contributed by atoms with E-state index in [1.165, 1.54) is 13.3 Å². The van der Waals surface area contributed by atoms with Gasteiger partial charge in [-0.05, 0) is 67.1 Å². The fourth-order valence-electron chi connectivity index (χ4n) is 5.51. The van der Waals surface area contributed by atoms with Crippen LogP contribution in [-0.4, -0.2) is 62.7 Å². The van der Waals surface area contributed by atoms with Crippen LogP contribution >= 0.6 is 11.6 Å². The van der Waals surface area contributed by atoms with Gasteiger partial charge in [-0.25, -0.2) is 32.2 Å². The number of benzene rings is 2. The minimum absolute atomic E-state index is 0.000825. The van der Waals surface area contributed by atoms with Crippen LogP contribution in [0.25, 0.3) is 22.0 Å². The summed E-state index contributed by atoms with van der Waals surface area (Å²) in [4.78, 5) is 25.0. The highest BCUT2D eigenvalue weighted by molar-refractivity contribution is 7.92. The van der Waals surface area contributed by atoms with Crippen LogP contribution in [0.4, 0.5) is 20.4 Å². The number of fused-ring (bicyclic) bond motifs is 1. The summed E-state index contributed by atoms with van der Waals surface area (Å²) in [6.07, 6.45) is 5.43. The monoisotopic (exact) mass is 674 g/mol. The lowest BCUT2D eigenvalue weighted by Gasteiger charge is -2.16. The number of carbonyl (C=O) groups excluding carboxylic acids is 1. The van der Waals surface area contributed by atoms with Gasteiger partial charge in [-0.3, -0.25) is 9.52 Å². The molecule has 2 aromatic carbocycles. The number of sulfonamides is 1. The number of nitrogens with zero attached hydrogens (tertiary/aromatic N) is 3. The summed E-state index contributed by atoms with van der Waals surface area (Å²) in [6.45, 7) is 2.80. The molecule has 2 aromatic heterocycles. The van der Waals surface area contributed by atoms with Gasteiger partial charge in [-0.15, -0.1) is 0 Å². The molecule has 1 saturated carbocycles. The number of hydrogen-bond acceptors (Lipinski definition) is 9. The molecule has 0 bridgehead atoms. The van der Waals surface area contributed by atoms with Crippen LogP contribution in [0.5, 0.6) is 5.88 Å². The summed E-state index contributed by atoms with van der Waals surface area (Å²) >= 11 is 5.94. The molecule has 3 N–H and O–H groups in total. The fraction of sp³-hybridized carbons (Fsp3) is 0.355. The lowest BCUT2D eigenvalue weighted by atomic mass is 9.97. The van der Waals surface area contributed by atoms with Crippen LogP contribution in [0.2, 0.25) is 5.02 Å². The first-order valence-corrected chi connectivity index (χ1v) is 16.4. The van der Waals surface area contributed by atoms with E-state index in [2.05, 4.69) is 25.3 Å². The van der Waals surface area contributed by atoms with Gasteiger partial charge in [0.25, 0.3) is 10.0 Å². The van der Waals surface area contributed by atoms with Crippen LogP contribution in [0, 0.1) is 17.6 Å². The molecule has 2 atom stereocenters. The van der Waals surface area contributed by atoms with Crippen molar-refractivity contribution in [1.29, 1.82) is 0 Å². The van der Waals surface area contributed by atoms with Crippen molar-refractivity contribution >= 4 is 50.1 Å². The average Bonchev–Trinajstić information content (AvgIpc) is 3.51. The molecule has 15 heteroatoms. The van der Waals surface area contributed by atoms with E-state index >= 15 is 8.78 Å². The second kappa shape index (κ2) is 14.1.